The van der Waals surface area contributed by atoms with E-state index in [1.165, 1.54) is 5.56 Å². The summed E-state index contributed by atoms with van der Waals surface area (Å²) in [6.07, 6.45) is 10.9. The van der Waals surface area contributed by atoms with Crippen molar-refractivity contribution in [2.45, 2.75) is 39.5 Å². The molecule has 0 unspecified atom stereocenters. The van der Waals surface area contributed by atoms with Gasteiger partial charge in [-0.3, -0.25) is 4.99 Å². The Morgan fingerprint density at radius 2 is 1.91 bits per heavy atom. The fraction of sp³-hybridized carbons (Fsp3) is 0.318. The maximum Gasteiger partial charge on any atom is 0.0718 e. The quantitative estimate of drug-likeness (QED) is 0.443. The molecule has 1 nitrogen and oxygen atoms in total. The molecule has 1 aromatic carbocycles. The lowest BCUT2D eigenvalue weighted by Crippen LogP contribution is -2.13. The Hall–Kier alpha value is -2.15. The van der Waals surface area contributed by atoms with Crippen LogP contribution < -0.4 is 0 Å². The summed E-state index contributed by atoms with van der Waals surface area (Å²) in [6, 6.07) is 6.56. The highest BCUT2D eigenvalue weighted by Gasteiger charge is 2.17. The minimum absolute atomic E-state index is 0.116. The van der Waals surface area contributed by atoms with Gasteiger partial charge in [0.05, 0.1) is 5.71 Å². The van der Waals surface area contributed by atoms with Gasteiger partial charge in [0.1, 0.15) is 0 Å². The molecule has 0 saturated heterocycles. The van der Waals surface area contributed by atoms with Gasteiger partial charge in [-0.05, 0) is 28.5 Å². The second-order valence-corrected chi connectivity index (χ2v) is 6.49. The second kappa shape index (κ2) is 8.47. The summed E-state index contributed by atoms with van der Waals surface area (Å²) in [6.45, 7) is 16.5. The first kappa shape index (κ1) is 18.9. The van der Waals surface area contributed by atoms with Gasteiger partial charge in [0, 0.05) is 12.6 Å². The molecule has 1 aromatic rings. The molecule has 122 valence electrons. The molecule has 0 fully saturated rings. The Kier molecular flexibility index (Phi) is 6.96. The van der Waals surface area contributed by atoms with Crippen LogP contribution >= 0.6 is 0 Å². The minimum Gasteiger partial charge on any atom is -0.287 e. The summed E-state index contributed by atoms with van der Waals surface area (Å²) in [5, 5.41) is 0. The molecular weight excluding hydrogens is 278 g/mol. The van der Waals surface area contributed by atoms with Crippen LogP contribution in [0.1, 0.15) is 50.8 Å². The number of hydrogen-bond acceptors (Lipinski definition) is 1. The van der Waals surface area contributed by atoms with Crippen molar-refractivity contribution < 1.29 is 0 Å². The van der Waals surface area contributed by atoms with Crippen molar-refractivity contribution in [2.24, 2.45) is 4.99 Å². The molecule has 0 radical (unpaired) electrons. The number of nitrogens with zero attached hydrogens (tertiary/aromatic N) is 1. The van der Waals surface area contributed by atoms with Crippen LogP contribution in [-0.4, -0.2) is 12.8 Å². The smallest absolute Gasteiger partial charge is 0.0718 e. The summed E-state index contributed by atoms with van der Waals surface area (Å²) in [5.74, 6) is 0. The Morgan fingerprint density at radius 3 is 2.39 bits per heavy atom. The zero-order chi connectivity index (χ0) is 17.5. The van der Waals surface area contributed by atoms with E-state index in [-0.39, 0.29) is 5.41 Å². The highest BCUT2D eigenvalue weighted by molar-refractivity contribution is 6.16. The molecule has 0 atom stereocenters. The highest BCUT2D eigenvalue weighted by atomic mass is 14.7. The standard InChI is InChI=1S/C22H29N/c1-8-11-13-18(12-9-2)21(23-7)20-15-14-19(22(4,5)6)16-17(20)10-3/h8,10-16H,1,3,9H2,2,4-7H3. The van der Waals surface area contributed by atoms with Crippen LogP contribution in [0.15, 0.2) is 66.2 Å². The van der Waals surface area contributed by atoms with Gasteiger partial charge in [-0.15, -0.1) is 0 Å². The number of rotatable bonds is 6. The van der Waals surface area contributed by atoms with E-state index >= 15 is 0 Å². The third-order valence-electron chi connectivity index (χ3n) is 3.73. The van der Waals surface area contributed by atoms with Crippen LogP contribution in [0.4, 0.5) is 0 Å². The van der Waals surface area contributed by atoms with Crippen molar-refractivity contribution in [3.05, 3.63) is 77.9 Å². The third-order valence-corrected chi connectivity index (χ3v) is 3.73. The fourth-order valence-corrected chi connectivity index (χ4v) is 2.45. The summed E-state index contributed by atoms with van der Waals surface area (Å²) in [4.78, 5) is 4.55. The van der Waals surface area contributed by atoms with Gasteiger partial charge in [0.15, 0.2) is 0 Å². The molecule has 1 heteroatoms. The normalized spacial score (nSPS) is 13.4. The van der Waals surface area contributed by atoms with E-state index in [2.05, 4.69) is 76.2 Å². The van der Waals surface area contributed by atoms with Crippen molar-refractivity contribution in [3.63, 3.8) is 0 Å². The molecule has 0 aliphatic heterocycles. The topological polar surface area (TPSA) is 12.4 Å². The Bertz CT molecular complexity index is 649. The van der Waals surface area contributed by atoms with Gasteiger partial charge in [0.2, 0.25) is 0 Å². The molecule has 0 N–H and O–H groups in total. The molecule has 0 heterocycles. The average Bonchev–Trinajstić information content (AvgIpc) is 2.52. The Labute approximate surface area is 141 Å². The predicted molar refractivity (Wildman–Crippen MR) is 105 cm³/mol. The zero-order valence-electron chi connectivity index (χ0n) is 15.2. The van der Waals surface area contributed by atoms with Gasteiger partial charge in [-0.2, -0.15) is 0 Å². The molecule has 0 spiro atoms. The number of aliphatic imine (C=N–C) groups is 1. The zero-order valence-corrected chi connectivity index (χ0v) is 15.2. The monoisotopic (exact) mass is 307 g/mol. The summed E-state index contributed by atoms with van der Waals surface area (Å²) in [7, 11) is 1.84. The first-order chi connectivity index (χ1) is 10.9. The van der Waals surface area contributed by atoms with Crippen LogP contribution in [0, 0.1) is 0 Å². The maximum absolute atomic E-state index is 4.55. The first-order valence-electron chi connectivity index (χ1n) is 8.12. The van der Waals surface area contributed by atoms with Gasteiger partial charge >= 0.3 is 0 Å². The van der Waals surface area contributed by atoms with Crippen LogP contribution in [-0.2, 0) is 5.41 Å². The van der Waals surface area contributed by atoms with E-state index in [0.29, 0.717) is 0 Å². The van der Waals surface area contributed by atoms with Crippen LogP contribution in [0.3, 0.4) is 0 Å². The lowest BCUT2D eigenvalue weighted by Gasteiger charge is -2.21. The molecule has 0 amide bonds. The van der Waals surface area contributed by atoms with Crippen molar-refractivity contribution in [3.8, 4) is 0 Å². The van der Waals surface area contributed by atoms with Crippen LogP contribution in [0.5, 0.6) is 0 Å². The number of benzene rings is 1. The van der Waals surface area contributed by atoms with E-state index in [1.54, 1.807) is 6.08 Å². The molecule has 0 aromatic heterocycles. The lowest BCUT2D eigenvalue weighted by molar-refractivity contribution is 0.590. The van der Waals surface area contributed by atoms with E-state index < -0.39 is 0 Å². The molecule has 23 heavy (non-hydrogen) atoms. The molecule has 0 aliphatic carbocycles. The average molecular weight is 307 g/mol. The van der Waals surface area contributed by atoms with E-state index in [1.807, 2.05) is 19.2 Å². The summed E-state index contributed by atoms with van der Waals surface area (Å²) in [5.41, 5.74) is 5.75. The highest BCUT2D eigenvalue weighted by Crippen LogP contribution is 2.27. The van der Waals surface area contributed by atoms with Gasteiger partial charge in [-0.1, -0.05) is 89.4 Å². The van der Waals surface area contributed by atoms with Gasteiger partial charge in [-0.25, -0.2) is 0 Å². The van der Waals surface area contributed by atoms with E-state index in [9.17, 15) is 0 Å². The SMILES string of the molecule is C=CC=CC(=CCC)C(=NC)c1ccc(C(C)(C)C)cc1C=C. The molecule has 0 aliphatic rings. The van der Waals surface area contributed by atoms with Crippen molar-refractivity contribution >= 4 is 11.8 Å². The van der Waals surface area contributed by atoms with E-state index in [4.69, 9.17) is 0 Å². The maximum atomic E-state index is 4.55. The fourth-order valence-electron chi connectivity index (χ4n) is 2.45. The molecule has 1 rings (SSSR count). The Morgan fingerprint density at radius 1 is 1.22 bits per heavy atom. The Balaban J connectivity index is 3.46. The van der Waals surface area contributed by atoms with Crippen LogP contribution in [0.25, 0.3) is 6.08 Å². The summed E-state index contributed by atoms with van der Waals surface area (Å²) < 4.78 is 0. The third kappa shape index (κ3) is 4.92. The first-order valence-corrected chi connectivity index (χ1v) is 8.12. The largest absolute Gasteiger partial charge is 0.287 e. The molecule has 0 saturated carbocycles. The molecular formula is C22H29N. The van der Waals surface area contributed by atoms with Gasteiger partial charge in [0.25, 0.3) is 0 Å². The minimum atomic E-state index is 0.116. The number of hydrogen-bond donors (Lipinski definition) is 0. The van der Waals surface area contributed by atoms with Crippen LogP contribution in [0.2, 0.25) is 0 Å². The number of allylic oxidation sites excluding steroid dienone is 5. The summed E-state index contributed by atoms with van der Waals surface area (Å²) >= 11 is 0. The predicted octanol–water partition coefficient (Wildman–Crippen LogP) is 6.12. The van der Waals surface area contributed by atoms with Crippen molar-refractivity contribution in [1.82, 2.24) is 0 Å². The lowest BCUT2D eigenvalue weighted by atomic mass is 9.84. The van der Waals surface area contributed by atoms with Crippen molar-refractivity contribution in [2.75, 3.05) is 7.05 Å². The van der Waals surface area contributed by atoms with Gasteiger partial charge < -0.3 is 0 Å². The second-order valence-electron chi connectivity index (χ2n) is 6.49. The van der Waals surface area contributed by atoms with Crippen molar-refractivity contribution in [1.29, 1.82) is 0 Å². The van der Waals surface area contributed by atoms with E-state index in [0.717, 1.165) is 28.8 Å². The molecule has 0 bridgehead atoms.